The SMILES string of the molecule is O=C(NNC(=O)c1cccn(Cc2ccc(F)cc2)c1=O)c1ccco1. The third kappa shape index (κ3) is 3.86. The van der Waals surface area contributed by atoms with E-state index in [0.717, 1.165) is 0 Å². The smallest absolute Gasteiger partial charge is 0.305 e. The molecule has 0 atom stereocenters. The van der Waals surface area contributed by atoms with Crippen LogP contribution in [0, 0.1) is 5.82 Å². The Hall–Kier alpha value is -3.68. The minimum absolute atomic E-state index is 0.0204. The van der Waals surface area contributed by atoms with Crippen molar-refractivity contribution in [3.8, 4) is 0 Å². The first-order chi connectivity index (χ1) is 12.5. The van der Waals surface area contributed by atoms with E-state index >= 15 is 0 Å². The number of halogens is 1. The van der Waals surface area contributed by atoms with E-state index in [1.807, 2.05) is 0 Å². The predicted molar refractivity (Wildman–Crippen MR) is 89.8 cm³/mol. The minimum Gasteiger partial charge on any atom is -0.459 e. The van der Waals surface area contributed by atoms with Gasteiger partial charge in [0.2, 0.25) is 0 Å². The number of pyridine rings is 1. The summed E-state index contributed by atoms with van der Waals surface area (Å²) in [5, 5.41) is 0. The number of nitrogens with one attached hydrogen (secondary N) is 2. The Morgan fingerprint density at radius 2 is 1.73 bits per heavy atom. The second-order valence-corrected chi connectivity index (χ2v) is 5.37. The summed E-state index contributed by atoms with van der Waals surface area (Å²) < 4.78 is 19.2. The van der Waals surface area contributed by atoms with Crippen molar-refractivity contribution in [1.82, 2.24) is 15.4 Å². The van der Waals surface area contributed by atoms with Crippen LogP contribution in [-0.4, -0.2) is 16.4 Å². The predicted octanol–water partition coefficient (Wildman–Crippen LogP) is 1.70. The first-order valence-corrected chi connectivity index (χ1v) is 7.62. The molecular weight excluding hydrogens is 341 g/mol. The highest BCUT2D eigenvalue weighted by molar-refractivity contribution is 5.97. The third-order valence-corrected chi connectivity index (χ3v) is 3.57. The van der Waals surface area contributed by atoms with Crippen molar-refractivity contribution in [2.75, 3.05) is 0 Å². The maximum atomic E-state index is 13.0. The summed E-state index contributed by atoms with van der Waals surface area (Å²) >= 11 is 0. The first kappa shape index (κ1) is 17.2. The summed E-state index contributed by atoms with van der Waals surface area (Å²) in [5.74, 6) is -1.76. The number of benzene rings is 1. The molecule has 0 radical (unpaired) electrons. The van der Waals surface area contributed by atoms with Gasteiger partial charge in [0, 0.05) is 6.20 Å². The van der Waals surface area contributed by atoms with Crippen molar-refractivity contribution in [3.63, 3.8) is 0 Å². The van der Waals surface area contributed by atoms with Crippen molar-refractivity contribution >= 4 is 11.8 Å². The van der Waals surface area contributed by atoms with E-state index in [1.165, 1.54) is 53.4 Å². The van der Waals surface area contributed by atoms with Gasteiger partial charge in [-0.1, -0.05) is 12.1 Å². The minimum atomic E-state index is -0.761. The van der Waals surface area contributed by atoms with Crippen molar-refractivity contribution in [1.29, 1.82) is 0 Å². The fraction of sp³-hybridized carbons (Fsp3) is 0.0556. The Labute approximate surface area is 147 Å². The van der Waals surface area contributed by atoms with Crippen LogP contribution in [0.4, 0.5) is 4.39 Å². The summed E-state index contributed by atoms with van der Waals surface area (Å²) in [7, 11) is 0. The highest BCUT2D eigenvalue weighted by Crippen LogP contribution is 2.04. The second-order valence-electron chi connectivity index (χ2n) is 5.37. The molecule has 2 N–H and O–H groups in total. The summed E-state index contributed by atoms with van der Waals surface area (Å²) in [5.41, 5.74) is 4.35. The number of aromatic nitrogens is 1. The molecule has 0 aliphatic rings. The van der Waals surface area contributed by atoms with Gasteiger partial charge >= 0.3 is 5.91 Å². The molecule has 0 bridgehead atoms. The van der Waals surface area contributed by atoms with Crippen molar-refractivity contribution in [2.45, 2.75) is 6.54 Å². The average Bonchev–Trinajstić information content (AvgIpc) is 3.18. The lowest BCUT2D eigenvalue weighted by Crippen LogP contribution is -2.43. The highest BCUT2D eigenvalue weighted by Gasteiger charge is 2.14. The van der Waals surface area contributed by atoms with Gasteiger partial charge in [0.15, 0.2) is 5.76 Å². The Morgan fingerprint density at radius 1 is 1.00 bits per heavy atom. The molecule has 0 fully saturated rings. The van der Waals surface area contributed by atoms with E-state index < -0.39 is 17.4 Å². The number of carbonyl (C=O) groups excluding carboxylic acids is 2. The fourth-order valence-corrected chi connectivity index (χ4v) is 2.27. The average molecular weight is 355 g/mol. The van der Waals surface area contributed by atoms with Crippen LogP contribution >= 0.6 is 0 Å². The van der Waals surface area contributed by atoms with Crippen LogP contribution in [0.5, 0.6) is 0 Å². The summed E-state index contributed by atoms with van der Waals surface area (Å²) in [6.07, 6.45) is 2.84. The van der Waals surface area contributed by atoms with Gasteiger partial charge in [-0.3, -0.25) is 25.2 Å². The van der Waals surface area contributed by atoms with Crippen molar-refractivity contribution in [2.24, 2.45) is 0 Å². The molecule has 3 aromatic rings. The number of hydrazine groups is 1. The normalized spacial score (nSPS) is 10.3. The van der Waals surface area contributed by atoms with Gasteiger partial charge in [-0.15, -0.1) is 0 Å². The Kier molecular flexibility index (Phi) is 4.93. The zero-order valence-corrected chi connectivity index (χ0v) is 13.4. The Morgan fingerprint density at radius 3 is 2.42 bits per heavy atom. The zero-order valence-electron chi connectivity index (χ0n) is 13.4. The van der Waals surface area contributed by atoms with Crippen LogP contribution in [0.1, 0.15) is 26.5 Å². The molecule has 7 nitrogen and oxygen atoms in total. The molecule has 0 saturated heterocycles. The number of furan rings is 1. The molecular formula is C18H14FN3O4. The lowest BCUT2D eigenvalue weighted by Gasteiger charge is -2.09. The van der Waals surface area contributed by atoms with Crippen LogP contribution in [0.15, 0.2) is 70.2 Å². The molecule has 2 heterocycles. The molecule has 3 rings (SSSR count). The molecule has 1 aromatic carbocycles. The largest absolute Gasteiger partial charge is 0.459 e. The van der Waals surface area contributed by atoms with Gasteiger partial charge in [-0.2, -0.15) is 0 Å². The number of rotatable bonds is 4. The number of hydrogen-bond acceptors (Lipinski definition) is 4. The maximum Gasteiger partial charge on any atom is 0.305 e. The molecule has 0 aliphatic carbocycles. The topological polar surface area (TPSA) is 93.3 Å². The maximum absolute atomic E-state index is 13.0. The number of nitrogens with zero attached hydrogens (tertiary/aromatic N) is 1. The van der Waals surface area contributed by atoms with Gasteiger partial charge in [0.05, 0.1) is 12.8 Å². The number of carbonyl (C=O) groups is 2. The van der Waals surface area contributed by atoms with E-state index in [9.17, 15) is 18.8 Å². The van der Waals surface area contributed by atoms with E-state index in [0.29, 0.717) is 5.56 Å². The molecule has 2 aromatic heterocycles. The van der Waals surface area contributed by atoms with E-state index in [4.69, 9.17) is 4.42 Å². The summed E-state index contributed by atoms with van der Waals surface area (Å²) in [4.78, 5) is 36.3. The van der Waals surface area contributed by atoms with Crippen LogP contribution in [-0.2, 0) is 6.54 Å². The van der Waals surface area contributed by atoms with Gasteiger partial charge in [0.25, 0.3) is 11.5 Å². The molecule has 2 amide bonds. The van der Waals surface area contributed by atoms with Gasteiger partial charge in [0.1, 0.15) is 11.4 Å². The lowest BCUT2D eigenvalue weighted by molar-refractivity contribution is 0.0830. The van der Waals surface area contributed by atoms with Crippen LogP contribution < -0.4 is 16.4 Å². The Bertz CT molecular complexity index is 978. The Balaban J connectivity index is 1.71. The standard InChI is InChI=1S/C18H14FN3O4/c19-13-7-5-12(6-8-13)11-22-9-1-3-14(18(22)25)16(23)20-21-17(24)15-4-2-10-26-15/h1-10H,11H2,(H,20,23)(H,21,24). The van der Waals surface area contributed by atoms with Gasteiger partial charge < -0.3 is 8.98 Å². The van der Waals surface area contributed by atoms with E-state index in [2.05, 4.69) is 10.9 Å². The van der Waals surface area contributed by atoms with E-state index in [-0.39, 0.29) is 23.7 Å². The molecule has 132 valence electrons. The first-order valence-electron chi connectivity index (χ1n) is 7.62. The van der Waals surface area contributed by atoms with Crippen molar-refractivity contribution in [3.05, 3.63) is 94.0 Å². The quantitative estimate of drug-likeness (QED) is 0.697. The number of amides is 2. The summed E-state index contributed by atoms with van der Waals surface area (Å²) in [6.45, 7) is 0.180. The molecule has 0 unspecified atom stereocenters. The highest BCUT2D eigenvalue weighted by atomic mass is 19.1. The van der Waals surface area contributed by atoms with Crippen LogP contribution in [0.2, 0.25) is 0 Å². The fourth-order valence-electron chi connectivity index (χ4n) is 2.27. The molecule has 0 spiro atoms. The van der Waals surface area contributed by atoms with Gasteiger partial charge in [-0.25, -0.2) is 4.39 Å². The summed E-state index contributed by atoms with van der Waals surface area (Å²) in [6, 6.07) is 11.5. The second kappa shape index (κ2) is 7.47. The third-order valence-electron chi connectivity index (χ3n) is 3.57. The molecule has 8 heteroatoms. The molecule has 0 saturated carbocycles. The zero-order chi connectivity index (χ0) is 18.5. The monoisotopic (exact) mass is 355 g/mol. The van der Waals surface area contributed by atoms with Crippen LogP contribution in [0.25, 0.3) is 0 Å². The number of hydrogen-bond donors (Lipinski definition) is 2. The lowest BCUT2D eigenvalue weighted by atomic mass is 10.2. The molecule has 26 heavy (non-hydrogen) atoms. The van der Waals surface area contributed by atoms with Crippen molar-refractivity contribution < 1.29 is 18.4 Å². The van der Waals surface area contributed by atoms with Crippen LogP contribution in [0.3, 0.4) is 0 Å². The molecule has 0 aliphatic heterocycles. The van der Waals surface area contributed by atoms with E-state index in [1.54, 1.807) is 12.1 Å². The van der Waals surface area contributed by atoms with Gasteiger partial charge in [-0.05, 0) is 42.0 Å².